The summed E-state index contributed by atoms with van der Waals surface area (Å²) in [5.41, 5.74) is 20.4. The van der Waals surface area contributed by atoms with E-state index < -0.39 is 8.07 Å². The zero-order valence-electron chi connectivity index (χ0n) is 51.9. The monoisotopic (exact) mass is 1100 g/mol. The molecule has 3 nitrogen and oxygen atoms in total. The maximum atomic E-state index is 2.82. The van der Waals surface area contributed by atoms with Gasteiger partial charge < -0.3 is 14.7 Å². The molecule has 1 saturated carbocycles. The fourth-order valence-corrected chi connectivity index (χ4v) is 20.0. The summed E-state index contributed by atoms with van der Waals surface area (Å²) < 4.78 is 0. The number of hydrogen-bond acceptors (Lipinski definition) is 3. The van der Waals surface area contributed by atoms with Gasteiger partial charge in [0.2, 0.25) is 0 Å². The van der Waals surface area contributed by atoms with E-state index in [2.05, 4.69) is 318 Å². The molecule has 0 amide bonds. The Morgan fingerprint density at radius 3 is 1.39 bits per heavy atom. The SMILES string of the molecule is CC(C)(C)c1ccc(N2c3cc(N4c5ccc([Si](c6ccccc6)(c6ccccc6)c6ccccc6)cc5C5(C)CCCCC45C)ccc3B3c4ccc(C(C)(C)C)cc4N(c4cccc(C(C)(C)C)c4)c4cc(C(C)(C)C)cc2c43)cc1. The molecule has 0 aromatic heterocycles. The van der Waals surface area contributed by atoms with Crippen molar-refractivity contribution in [1.82, 2.24) is 0 Å². The van der Waals surface area contributed by atoms with E-state index in [1.807, 2.05) is 0 Å². The molecule has 5 heteroatoms. The predicted octanol–water partition coefficient (Wildman–Crippen LogP) is 16.1. The molecule has 4 aliphatic rings. The third kappa shape index (κ3) is 8.63. The minimum atomic E-state index is -2.81. The minimum Gasteiger partial charge on any atom is -0.334 e. The van der Waals surface area contributed by atoms with Gasteiger partial charge in [-0.3, -0.25) is 0 Å². The fraction of sp³-hybridized carbons (Fsp3) is 0.308. The number of benzene rings is 9. The molecular weight excluding hydrogens is 1020 g/mol. The van der Waals surface area contributed by atoms with Crippen molar-refractivity contribution in [2.45, 2.75) is 155 Å². The Hall–Kier alpha value is -7.34. The van der Waals surface area contributed by atoms with Gasteiger partial charge in [0.25, 0.3) is 6.71 Å². The van der Waals surface area contributed by atoms with E-state index in [1.54, 1.807) is 0 Å². The molecule has 1 fully saturated rings. The normalized spacial score (nSPS) is 18.5. The largest absolute Gasteiger partial charge is 0.334 e. The molecule has 3 heterocycles. The van der Waals surface area contributed by atoms with E-state index in [0.717, 1.165) is 12.8 Å². The van der Waals surface area contributed by atoms with Crippen LogP contribution < -0.4 is 51.8 Å². The number of fused-ring (bicyclic) bond motifs is 7. The maximum Gasteiger partial charge on any atom is 0.252 e. The highest BCUT2D eigenvalue weighted by Crippen LogP contribution is 2.61. The van der Waals surface area contributed by atoms with E-state index in [-0.39, 0.29) is 39.3 Å². The quantitative estimate of drug-likeness (QED) is 0.116. The van der Waals surface area contributed by atoms with Gasteiger partial charge in [-0.2, -0.15) is 0 Å². The zero-order chi connectivity index (χ0) is 58.2. The van der Waals surface area contributed by atoms with Gasteiger partial charge in [-0.1, -0.05) is 248 Å². The predicted molar refractivity (Wildman–Crippen MR) is 362 cm³/mol. The molecule has 0 saturated heterocycles. The highest BCUT2D eigenvalue weighted by Gasteiger charge is 2.59. The first-order valence-electron chi connectivity index (χ1n) is 30.8. The molecule has 1 aliphatic carbocycles. The molecule has 83 heavy (non-hydrogen) atoms. The molecule has 0 bridgehead atoms. The van der Waals surface area contributed by atoms with Crippen LogP contribution in [0, 0.1) is 0 Å². The van der Waals surface area contributed by atoms with Crippen molar-refractivity contribution in [3.8, 4) is 0 Å². The highest BCUT2D eigenvalue weighted by atomic mass is 28.3. The van der Waals surface area contributed by atoms with Crippen molar-refractivity contribution in [2.24, 2.45) is 0 Å². The summed E-state index contributed by atoms with van der Waals surface area (Å²) in [5, 5.41) is 5.67. The van der Waals surface area contributed by atoms with Gasteiger partial charge in [0, 0.05) is 50.9 Å². The van der Waals surface area contributed by atoms with Crippen molar-refractivity contribution >= 4 is 97.4 Å². The first-order chi connectivity index (χ1) is 39.4. The Labute approximate surface area is 498 Å². The Morgan fingerprint density at radius 1 is 0.361 bits per heavy atom. The highest BCUT2D eigenvalue weighted by molar-refractivity contribution is 7.20. The maximum absolute atomic E-state index is 2.82. The van der Waals surface area contributed by atoms with Gasteiger partial charge in [-0.25, -0.2) is 0 Å². The van der Waals surface area contributed by atoms with E-state index in [4.69, 9.17) is 0 Å². The van der Waals surface area contributed by atoms with Crippen LogP contribution in [0.25, 0.3) is 0 Å². The van der Waals surface area contributed by atoms with Crippen molar-refractivity contribution in [2.75, 3.05) is 14.7 Å². The molecule has 0 spiro atoms. The summed E-state index contributed by atoms with van der Waals surface area (Å²) >= 11 is 0. The molecule has 0 N–H and O–H groups in total. The zero-order valence-corrected chi connectivity index (χ0v) is 52.9. The lowest BCUT2D eigenvalue weighted by Gasteiger charge is -2.51. The summed E-state index contributed by atoms with van der Waals surface area (Å²) in [7, 11) is -2.81. The van der Waals surface area contributed by atoms with Crippen LogP contribution >= 0.6 is 0 Å². The second-order valence-electron chi connectivity index (χ2n) is 29.4. The molecule has 9 aromatic rings. The van der Waals surface area contributed by atoms with Crippen molar-refractivity contribution in [1.29, 1.82) is 0 Å². The van der Waals surface area contributed by atoms with Crippen molar-refractivity contribution < 1.29 is 0 Å². The minimum absolute atomic E-state index is 0.00905. The third-order valence-corrected chi connectivity index (χ3v) is 24.9. The molecule has 13 rings (SSSR count). The molecule has 2 unspecified atom stereocenters. The fourth-order valence-electron chi connectivity index (χ4n) is 15.2. The van der Waals surface area contributed by atoms with Crippen LogP contribution in [0.2, 0.25) is 0 Å². The van der Waals surface area contributed by atoms with Crippen LogP contribution in [0.15, 0.2) is 206 Å². The topological polar surface area (TPSA) is 9.72 Å². The van der Waals surface area contributed by atoms with E-state index in [9.17, 15) is 0 Å². The lowest BCUT2D eigenvalue weighted by atomic mass is 9.33. The number of rotatable bonds is 7. The molecule has 0 radical (unpaired) electrons. The Kier molecular flexibility index (Phi) is 12.8. The first kappa shape index (κ1) is 54.9. The lowest BCUT2D eigenvalue weighted by molar-refractivity contribution is 0.195. The summed E-state index contributed by atoms with van der Waals surface area (Å²) in [4.78, 5) is 8.12. The number of nitrogens with zero attached hydrogens (tertiary/aromatic N) is 3. The third-order valence-electron chi connectivity index (χ3n) is 20.2. The van der Waals surface area contributed by atoms with Crippen LogP contribution in [0.5, 0.6) is 0 Å². The van der Waals surface area contributed by atoms with Crippen LogP contribution in [-0.4, -0.2) is 20.3 Å². The number of hydrogen-bond donors (Lipinski definition) is 0. The summed E-state index contributed by atoms with van der Waals surface area (Å²) in [5.74, 6) is 0. The first-order valence-corrected chi connectivity index (χ1v) is 32.8. The van der Waals surface area contributed by atoms with Gasteiger partial charge in [-0.05, 0) is 167 Å². The lowest BCUT2D eigenvalue weighted by Crippen LogP contribution is -2.74. The average Bonchev–Trinajstić information content (AvgIpc) is 1.73. The van der Waals surface area contributed by atoms with Crippen molar-refractivity contribution in [3.63, 3.8) is 0 Å². The summed E-state index contributed by atoms with van der Waals surface area (Å²) in [6.07, 6.45) is 4.67. The van der Waals surface area contributed by atoms with E-state index in [0.29, 0.717) is 0 Å². The van der Waals surface area contributed by atoms with Crippen LogP contribution in [0.3, 0.4) is 0 Å². The van der Waals surface area contributed by atoms with Crippen LogP contribution in [-0.2, 0) is 27.1 Å². The van der Waals surface area contributed by atoms with Crippen molar-refractivity contribution in [3.05, 3.63) is 234 Å². The molecule has 418 valence electrons. The summed E-state index contributed by atoms with van der Waals surface area (Å²) in [6, 6.07) is 81.3. The molecular formula is C78H84BN3Si. The smallest absolute Gasteiger partial charge is 0.252 e. The molecule has 3 aliphatic heterocycles. The van der Waals surface area contributed by atoms with E-state index >= 15 is 0 Å². The van der Waals surface area contributed by atoms with E-state index in [1.165, 1.54) is 123 Å². The van der Waals surface area contributed by atoms with Gasteiger partial charge in [-0.15, -0.1) is 0 Å². The average molecular weight is 1100 g/mol. The Bertz CT molecular complexity index is 3860. The van der Waals surface area contributed by atoms with Gasteiger partial charge in [0.05, 0.1) is 5.54 Å². The van der Waals surface area contributed by atoms with Gasteiger partial charge in [0.15, 0.2) is 8.07 Å². The molecule has 2 atom stereocenters. The Morgan fingerprint density at radius 2 is 0.831 bits per heavy atom. The second kappa shape index (κ2) is 19.4. The van der Waals surface area contributed by atoms with Gasteiger partial charge in [0.1, 0.15) is 0 Å². The van der Waals surface area contributed by atoms with Gasteiger partial charge >= 0.3 is 0 Å². The standard InChI is InChI=1S/C78H84BN3Si/c1-73(2,3)53-35-38-57(39-36-53)80-69-51-59(82-67-44-41-63(52-64(67)77(13)45-24-25-46-78(77,82)14)83(60-29-18-15-19-30-60,61-31-20-16-21-32-61)62-33-22-17-23-34-62)40-43-66(69)79-65-42-37-55(75(7,8)9)48-68(65)81(58-28-26-27-54(47-58)74(4,5)6)71-50-56(76(10,11)12)49-70(80)72(71)79/h15-23,26-44,47-52H,24-25,45-46H2,1-14H3. The second-order valence-corrected chi connectivity index (χ2v) is 33.2. The Balaban J connectivity index is 1.08. The van der Waals surface area contributed by atoms with Crippen LogP contribution in [0.1, 0.15) is 150 Å². The number of anilines is 8. The summed E-state index contributed by atoms with van der Waals surface area (Å²) in [6.45, 7) is 33.4. The van der Waals surface area contributed by atoms with Crippen LogP contribution in [0.4, 0.5) is 45.5 Å². The molecule has 9 aromatic carbocycles.